The lowest BCUT2D eigenvalue weighted by atomic mass is 10.0. The molecule has 0 spiro atoms. The number of aryl methyl sites for hydroxylation is 1. The van der Waals surface area contributed by atoms with E-state index in [4.69, 9.17) is 11.8 Å². The molecule has 1 aliphatic heterocycles. The van der Waals surface area contributed by atoms with Crippen LogP contribution in [0.1, 0.15) is 15.9 Å². The van der Waals surface area contributed by atoms with Crippen LogP contribution in [0, 0.1) is 12.8 Å². The van der Waals surface area contributed by atoms with Gasteiger partial charge in [-0.25, -0.2) is 4.42 Å². The van der Waals surface area contributed by atoms with Gasteiger partial charge < -0.3 is 5.32 Å². The fraction of sp³-hybridized carbons (Fsp3) is 0.500. The third-order valence-electron chi connectivity index (χ3n) is 4.21. The second-order valence-electron chi connectivity index (χ2n) is 6.29. The van der Waals surface area contributed by atoms with Crippen molar-refractivity contribution in [3.8, 4) is 0 Å². The molecule has 3 rings (SSSR count). The molecule has 0 atom stereocenters. The molecule has 2 heterocycles. The lowest BCUT2D eigenvalue weighted by molar-refractivity contribution is -0.324. The van der Waals surface area contributed by atoms with Crippen LogP contribution in [0.4, 0.5) is 13.2 Å². The molecule has 0 aliphatic carbocycles. The Morgan fingerprint density at radius 2 is 2.19 bits per heavy atom. The number of rotatable bonds is 6. The molecule has 1 aromatic carbocycles. The van der Waals surface area contributed by atoms with Crippen LogP contribution in [0.5, 0.6) is 0 Å². The lowest BCUT2D eigenvalue weighted by Gasteiger charge is -2.26. The Bertz CT molecular complexity index is 805. The van der Waals surface area contributed by atoms with E-state index in [-0.39, 0.29) is 6.54 Å². The molecule has 2 aromatic rings. The standard InChI is InChI=1S/C16H18ClF3N4O2/c1-10-4-14-12(9-23(22-14)8-11-6-21-7-11)5-13(10)15(25)24(17)2-3-26-16(18,19)20/h4-5,9,11,21H,2-3,6-8H2,1H3. The van der Waals surface area contributed by atoms with Crippen molar-refractivity contribution < 1.29 is 22.7 Å². The van der Waals surface area contributed by atoms with Crippen molar-refractivity contribution in [1.29, 1.82) is 0 Å². The number of hydrogen-bond acceptors (Lipinski definition) is 4. The highest BCUT2D eigenvalue weighted by molar-refractivity contribution is 6.24. The first-order valence-electron chi connectivity index (χ1n) is 8.10. The molecule has 0 bridgehead atoms. The van der Waals surface area contributed by atoms with E-state index in [9.17, 15) is 18.0 Å². The van der Waals surface area contributed by atoms with Gasteiger partial charge >= 0.3 is 6.36 Å². The second-order valence-corrected chi connectivity index (χ2v) is 6.69. The van der Waals surface area contributed by atoms with Crippen LogP contribution in [0.3, 0.4) is 0 Å². The van der Waals surface area contributed by atoms with E-state index in [1.54, 1.807) is 19.1 Å². The summed E-state index contributed by atoms with van der Waals surface area (Å²) in [7, 11) is 0. The van der Waals surface area contributed by atoms with Crippen molar-refractivity contribution >= 4 is 28.6 Å². The number of carbonyl (C=O) groups excluding carboxylic acids is 1. The minimum absolute atomic E-state index is 0.323. The van der Waals surface area contributed by atoms with Crippen LogP contribution in [0.25, 0.3) is 10.9 Å². The summed E-state index contributed by atoms with van der Waals surface area (Å²) < 4.78 is 42.2. The number of hydrogen-bond donors (Lipinski definition) is 1. The maximum Gasteiger partial charge on any atom is 0.522 e. The first kappa shape index (κ1) is 18.9. The third-order valence-corrected chi connectivity index (χ3v) is 4.54. The van der Waals surface area contributed by atoms with Crippen molar-refractivity contribution in [2.45, 2.75) is 19.8 Å². The zero-order valence-electron chi connectivity index (χ0n) is 14.0. The summed E-state index contributed by atoms with van der Waals surface area (Å²) in [5, 5.41) is 8.48. The third kappa shape index (κ3) is 4.46. The smallest absolute Gasteiger partial charge is 0.316 e. The quantitative estimate of drug-likeness (QED) is 0.770. The van der Waals surface area contributed by atoms with Gasteiger partial charge in [0, 0.05) is 54.5 Å². The summed E-state index contributed by atoms with van der Waals surface area (Å²) in [6, 6.07) is 3.44. The van der Waals surface area contributed by atoms with Gasteiger partial charge in [0.1, 0.15) is 0 Å². The van der Waals surface area contributed by atoms with Crippen molar-refractivity contribution in [2.75, 3.05) is 26.2 Å². The van der Waals surface area contributed by atoms with Gasteiger partial charge in [0.2, 0.25) is 0 Å². The minimum atomic E-state index is -4.75. The summed E-state index contributed by atoms with van der Waals surface area (Å²) >= 11 is 5.83. The summed E-state index contributed by atoms with van der Waals surface area (Å²) in [5.74, 6) is -0.0359. The first-order valence-corrected chi connectivity index (χ1v) is 8.43. The summed E-state index contributed by atoms with van der Waals surface area (Å²) in [4.78, 5) is 12.4. The number of amides is 1. The van der Waals surface area contributed by atoms with Gasteiger partial charge in [-0.15, -0.1) is 13.2 Å². The van der Waals surface area contributed by atoms with Gasteiger partial charge in [-0.2, -0.15) is 5.10 Å². The molecule has 142 valence electrons. The van der Waals surface area contributed by atoms with E-state index in [0.29, 0.717) is 21.5 Å². The number of carbonyl (C=O) groups is 1. The van der Waals surface area contributed by atoms with Crippen LogP contribution in [0.2, 0.25) is 0 Å². The molecule has 0 unspecified atom stereocenters. The number of halogens is 4. The number of aromatic nitrogens is 2. The maximum absolute atomic E-state index is 12.4. The zero-order valence-corrected chi connectivity index (χ0v) is 14.8. The van der Waals surface area contributed by atoms with E-state index in [2.05, 4.69) is 15.2 Å². The van der Waals surface area contributed by atoms with E-state index >= 15 is 0 Å². The highest BCUT2D eigenvalue weighted by Crippen LogP contribution is 2.22. The number of benzene rings is 1. The van der Waals surface area contributed by atoms with Gasteiger partial charge in [-0.1, -0.05) is 0 Å². The van der Waals surface area contributed by atoms with Gasteiger partial charge in [0.15, 0.2) is 0 Å². The Morgan fingerprint density at radius 3 is 2.81 bits per heavy atom. The van der Waals surface area contributed by atoms with E-state index in [1.807, 2.05) is 10.9 Å². The van der Waals surface area contributed by atoms with Crippen LogP contribution in [0.15, 0.2) is 18.3 Å². The van der Waals surface area contributed by atoms with Crippen LogP contribution < -0.4 is 5.32 Å². The molecule has 1 aromatic heterocycles. The zero-order chi connectivity index (χ0) is 18.9. The molecule has 0 saturated carbocycles. The summed E-state index contributed by atoms with van der Waals surface area (Å²) in [5.41, 5.74) is 1.73. The fourth-order valence-electron chi connectivity index (χ4n) is 2.77. The Balaban J connectivity index is 1.71. The number of alkyl halides is 3. The summed E-state index contributed by atoms with van der Waals surface area (Å²) in [6.07, 6.45) is -2.89. The number of ether oxygens (including phenoxy) is 1. The highest BCUT2D eigenvalue weighted by Gasteiger charge is 2.29. The number of fused-ring (bicyclic) bond motifs is 1. The molecule has 0 radical (unpaired) electrons. The topological polar surface area (TPSA) is 59.4 Å². The first-order chi connectivity index (χ1) is 12.2. The van der Waals surface area contributed by atoms with E-state index in [1.165, 1.54) is 0 Å². The molecular weight excluding hydrogens is 373 g/mol. The van der Waals surface area contributed by atoms with Crippen LogP contribution in [-0.2, 0) is 11.3 Å². The maximum atomic E-state index is 12.4. The van der Waals surface area contributed by atoms with Gasteiger partial charge in [-0.3, -0.25) is 14.2 Å². The largest absolute Gasteiger partial charge is 0.522 e. The van der Waals surface area contributed by atoms with Crippen molar-refractivity contribution in [1.82, 2.24) is 19.5 Å². The minimum Gasteiger partial charge on any atom is -0.316 e. The number of nitrogens with zero attached hydrogens (tertiary/aromatic N) is 3. The molecule has 26 heavy (non-hydrogen) atoms. The second kappa shape index (κ2) is 7.42. The van der Waals surface area contributed by atoms with Crippen LogP contribution in [-0.4, -0.2) is 52.7 Å². The van der Waals surface area contributed by atoms with Crippen molar-refractivity contribution in [2.24, 2.45) is 5.92 Å². The summed E-state index contributed by atoms with van der Waals surface area (Å²) in [6.45, 7) is 3.33. The monoisotopic (exact) mass is 390 g/mol. The molecule has 1 saturated heterocycles. The Labute approximate surface area is 152 Å². The van der Waals surface area contributed by atoms with Gasteiger partial charge in [0.05, 0.1) is 18.7 Å². The molecule has 1 fully saturated rings. The van der Waals surface area contributed by atoms with Gasteiger partial charge in [-0.05, 0) is 24.6 Å². The van der Waals surface area contributed by atoms with Gasteiger partial charge in [0.25, 0.3) is 5.91 Å². The van der Waals surface area contributed by atoms with E-state index < -0.39 is 18.9 Å². The normalized spacial score (nSPS) is 15.3. The Kier molecular flexibility index (Phi) is 5.40. The average molecular weight is 391 g/mol. The number of nitrogens with one attached hydrogen (secondary N) is 1. The fourth-order valence-corrected chi connectivity index (χ4v) is 2.93. The Morgan fingerprint density at radius 1 is 1.46 bits per heavy atom. The molecule has 1 aliphatic rings. The highest BCUT2D eigenvalue weighted by atomic mass is 35.5. The van der Waals surface area contributed by atoms with Crippen molar-refractivity contribution in [3.05, 3.63) is 29.5 Å². The average Bonchev–Trinajstić information content (AvgIpc) is 2.89. The lowest BCUT2D eigenvalue weighted by Crippen LogP contribution is -2.44. The Hall–Kier alpha value is -1.84. The molecule has 1 amide bonds. The van der Waals surface area contributed by atoms with Crippen LogP contribution >= 0.6 is 11.8 Å². The molecular formula is C16H18ClF3N4O2. The molecule has 6 nitrogen and oxygen atoms in total. The SMILES string of the molecule is Cc1cc2nn(CC3CNC3)cc2cc1C(=O)N(Cl)CCOC(F)(F)F. The van der Waals surface area contributed by atoms with Crippen molar-refractivity contribution in [3.63, 3.8) is 0 Å². The predicted octanol–water partition coefficient (Wildman–Crippen LogP) is 2.70. The molecule has 1 N–H and O–H groups in total. The predicted molar refractivity (Wildman–Crippen MR) is 89.7 cm³/mol. The van der Waals surface area contributed by atoms with E-state index in [0.717, 1.165) is 30.5 Å². The molecule has 10 heteroatoms.